The lowest BCUT2D eigenvalue weighted by atomic mass is 10.0. The summed E-state index contributed by atoms with van der Waals surface area (Å²) in [6.07, 6.45) is 4.39. The molecule has 11 heteroatoms. The third-order valence-electron chi connectivity index (χ3n) is 4.50. The van der Waals surface area contributed by atoms with Gasteiger partial charge in [0.15, 0.2) is 0 Å². The van der Waals surface area contributed by atoms with Gasteiger partial charge in [0.2, 0.25) is 17.1 Å². The van der Waals surface area contributed by atoms with Gasteiger partial charge in [0.1, 0.15) is 36.9 Å². The van der Waals surface area contributed by atoms with E-state index in [0.29, 0.717) is 24.3 Å². The number of imidazole rings is 1. The third kappa shape index (κ3) is 2.50. The minimum atomic E-state index is -1.38. The quantitative estimate of drug-likeness (QED) is 0.326. The van der Waals surface area contributed by atoms with Crippen LogP contribution in [0.15, 0.2) is 29.0 Å². The number of carbonyl (C=O) groups is 3. The second kappa shape index (κ2) is 6.41. The molecule has 2 amide bonds. The molecule has 0 saturated carbocycles. The van der Waals surface area contributed by atoms with Gasteiger partial charge in [-0.05, 0) is 0 Å². The van der Waals surface area contributed by atoms with Crippen LogP contribution in [0.4, 0.5) is 0 Å². The number of aromatic nitrogens is 2. The first-order valence-electron chi connectivity index (χ1n) is 7.80. The standard InChI is InChI=1S/C15H15N5O4S2/c16-11-13(22)20-12(15(23)24)8(6-26-14(11)20)4-18-5-10-19(1-2-25-10)9(18)3-17-7-21/h1-2,5,7,11,14H,3-4,6,16H2,(H-,17,21,23,24)/t11-,14-/m1/s1. The van der Waals surface area contributed by atoms with E-state index in [1.165, 1.54) is 28.0 Å². The number of fused-ring (bicyclic) bond motifs is 2. The fraction of sp³-hybridized carbons (Fsp3) is 0.333. The maximum atomic E-state index is 12.0. The Morgan fingerprint density at radius 2 is 2.35 bits per heavy atom. The number of thiazole rings is 1. The number of nitrogens with two attached hydrogens (primary N) is 1. The fourth-order valence-electron chi connectivity index (χ4n) is 3.30. The molecule has 2 atom stereocenters. The molecule has 0 unspecified atom stereocenters. The summed E-state index contributed by atoms with van der Waals surface area (Å²) in [4.78, 5) is 36.6. The highest BCUT2D eigenvalue weighted by Gasteiger charge is 2.50. The lowest BCUT2D eigenvalue weighted by Gasteiger charge is -2.49. The monoisotopic (exact) mass is 393 g/mol. The smallest absolute Gasteiger partial charge is 0.282 e. The largest absolute Gasteiger partial charge is 0.543 e. The number of carbonyl (C=O) groups excluding carboxylic acids is 3. The number of amides is 2. The van der Waals surface area contributed by atoms with Gasteiger partial charge in [0.25, 0.3) is 5.82 Å². The molecule has 4 rings (SSSR count). The topological polar surface area (TPSA) is 124 Å². The number of thioether (sulfide) groups is 1. The molecule has 9 nitrogen and oxygen atoms in total. The van der Waals surface area contributed by atoms with Gasteiger partial charge >= 0.3 is 0 Å². The maximum Gasteiger partial charge on any atom is 0.282 e. The first-order chi connectivity index (χ1) is 12.5. The molecule has 0 spiro atoms. The summed E-state index contributed by atoms with van der Waals surface area (Å²) >= 11 is 2.98. The Kier molecular flexibility index (Phi) is 4.21. The Labute approximate surface area is 156 Å². The van der Waals surface area contributed by atoms with Crippen molar-refractivity contribution in [2.45, 2.75) is 24.5 Å². The SMILES string of the molecule is N[C@@H]1C(=O)N2C(C(=O)[O-])=C(C[n+]3cc4sccn4c3CNC=O)CS[C@H]12. The molecular formula is C15H15N5O4S2. The van der Waals surface area contributed by atoms with Crippen molar-refractivity contribution >= 4 is 46.2 Å². The zero-order chi connectivity index (χ0) is 18.4. The number of nitrogens with zero attached hydrogens (tertiary/aromatic N) is 3. The number of carboxylic acid groups (broad SMARTS) is 1. The summed E-state index contributed by atoms with van der Waals surface area (Å²) < 4.78 is 3.82. The predicted molar refractivity (Wildman–Crippen MR) is 91.5 cm³/mol. The molecule has 136 valence electrons. The summed E-state index contributed by atoms with van der Waals surface area (Å²) in [7, 11) is 0. The van der Waals surface area contributed by atoms with Crippen molar-refractivity contribution in [2.24, 2.45) is 5.73 Å². The first-order valence-corrected chi connectivity index (χ1v) is 9.73. The molecule has 0 aliphatic carbocycles. The van der Waals surface area contributed by atoms with Crippen molar-refractivity contribution in [3.8, 4) is 0 Å². The van der Waals surface area contributed by atoms with Gasteiger partial charge in [-0.3, -0.25) is 14.5 Å². The van der Waals surface area contributed by atoms with Crippen molar-refractivity contribution in [1.29, 1.82) is 0 Å². The highest BCUT2D eigenvalue weighted by Crippen LogP contribution is 2.39. The van der Waals surface area contributed by atoms with Gasteiger partial charge in [-0.15, -0.1) is 11.8 Å². The normalized spacial score (nSPS) is 22.3. The zero-order valence-electron chi connectivity index (χ0n) is 13.5. The fourth-order valence-corrected chi connectivity index (χ4v) is 5.37. The Morgan fingerprint density at radius 3 is 3.08 bits per heavy atom. The summed E-state index contributed by atoms with van der Waals surface area (Å²) in [6.45, 7) is 0.581. The number of nitrogens with one attached hydrogen (secondary N) is 1. The molecule has 2 aliphatic heterocycles. The number of rotatable bonds is 6. The minimum absolute atomic E-state index is 0.0863. The molecule has 1 fully saturated rings. The van der Waals surface area contributed by atoms with Crippen LogP contribution in [-0.2, 0) is 27.5 Å². The van der Waals surface area contributed by atoms with Crippen LogP contribution >= 0.6 is 23.1 Å². The summed E-state index contributed by atoms with van der Waals surface area (Å²) in [5.41, 5.74) is 6.26. The predicted octanol–water partition coefficient (Wildman–Crippen LogP) is -2.22. The average Bonchev–Trinajstić information content (AvgIpc) is 3.20. The summed E-state index contributed by atoms with van der Waals surface area (Å²) in [5.74, 6) is -0.524. The van der Waals surface area contributed by atoms with Crippen LogP contribution in [0.3, 0.4) is 0 Å². The van der Waals surface area contributed by atoms with Crippen LogP contribution in [-0.4, -0.2) is 44.8 Å². The highest BCUT2D eigenvalue weighted by molar-refractivity contribution is 8.00. The van der Waals surface area contributed by atoms with E-state index in [4.69, 9.17) is 5.73 Å². The lowest BCUT2D eigenvalue weighted by molar-refractivity contribution is -0.695. The van der Waals surface area contributed by atoms with Crippen LogP contribution in [0, 0.1) is 0 Å². The van der Waals surface area contributed by atoms with Crippen LogP contribution in [0.5, 0.6) is 0 Å². The van der Waals surface area contributed by atoms with Crippen molar-refractivity contribution in [3.63, 3.8) is 0 Å². The Morgan fingerprint density at radius 1 is 1.54 bits per heavy atom. The molecule has 1 saturated heterocycles. The lowest BCUT2D eigenvalue weighted by Crippen LogP contribution is -2.69. The molecule has 2 aromatic heterocycles. The minimum Gasteiger partial charge on any atom is -0.543 e. The van der Waals surface area contributed by atoms with Gasteiger partial charge in [0.05, 0.1) is 11.7 Å². The van der Waals surface area contributed by atoms with Crippen LogP contribution in [0.2, 0.25) is 0 Å². The molecule has 0 aromatic carbocycles. The third-order valence-corrected chi connectivity index (χ3v) is 6.66. The van der Waals surface area contributed by atoms with Crippen molar-refractivity contribution in [3.05, 3.63) is 34.9 Å². The second-order valence-electron chi connectivity index (χ2n) is 5.96. The highest BCUT2D eigenvalue weighted by atomic mass is 32.2. The van der Waals surface area contributed by atoms with E-state index in [2.05, 4.69) is 5.32 Å². The number of β-lactam (4-membered cyclic amide) rings is 1. The van der Waals surface area contributed by atoms with E-state index in [0.717, 1.165) is 10.7 Å². The molecule has 0 bridgehead atoms. The number of hydrogen-bond donors (Lipinski definition) is 2. The Hall–Kier alpha value is -2.37. The molecule has 4 heterocycles. The van der Waals surface area contributed by atoms with Crippen LogP contribution in [0.25, 0.3) is 4.83 Å². The van der Waals surface area contributed by atoms with Gasteiger partial charge in [0, 0.05) is 16.7 Å². The van der Waals surface area contributed by atoms with E-state index >= 15 is 0 Å². The molecule has 0 radical (unpaired) electrons. The average molecular weight is 393 g/mol. The number of aliphatic carboxylic acids is 1. The zero-order valence-corrected chi connectivity index (χ0v) is 15.1. The van der Waals surface area contributed by atoms with E-state index in [1.807, 2.05) is 26.7 Å². The van der Waals surface area contributed by atoms with E-state index in [1.54, 1.807) is 0 Å². The Bertz CT molecular complexity index is 949. The number of hydrogen-bond acceptors (Lipinski definition) is 7. The first kappa shape index (κ1) is 17.1. The van der Waals surface area contributed by atoms with Gasteiger partial charge in [-0.1, -0.05) is 11.3 Å². The van der Waals surface area contributed by atoms with Crippen molar-refractivity contribution in [1.82, 2.24) is 14.6 Å². The molecule has 26 heavy (non-hydrogen) atoms. The van der Waals surface area contributed by atoms with E-state index in [-0.39, 0.29) is 17.6 Å². The molecule has 2 aromatic rings. The van der Waals surface area contributed by atoms with Crippen LogP contribution < -0.4 is 20.7 Å². The van der Waals surface area contributed by atoms with Gasteiger partial charge in [-0.2, -0.15) is 4.40 Å². The Balaban J connectivity index is 1.72. The summed E-state index contributed by atoms with van der Waals surface area (Å²) in [5, 5.41) is 15.9. The van der Waals surface area contributed by atoms with E-state index in [9.17, 15) is 19.5 Å². The van der Waals surface area contributed by atoms with Crippen molar-refractivity contribution in [2.75, 3.05) is 5.75 Å². The van der Waals surface area contributed by atoms with Gasteiger partial charge in [-0.25, -0.2) is 4.57 Å². The number of carboxylic acids is 1. The molecule has 2 aliphatic rings. The van der Waals surface area contributed by atoms with E-state index < -0.39 is 17.9 Å². The van der Waals surface area contributed by atoms with Crippen molar-refractivity contribution < 1.29 is 24.1 Å². The van der Waals surface area contributed by atoms with Gasteiger partial charge < -0.3 is 21.0 Å². The second-order valence-corrected chi connectivity index (χ2v) is 7.99. The summed E-state index contributed by atoms with van der Waals surface area (Å²) in [6, 6.07) is -0.671. The van der Waals surface area contributed by atoms with Crippen LogP contribution in [0.1, 0.15) is 5.82 Å². The molecule has 3 N–H and O–H groups in total. The molecular weight excluding hydrogens is 378 g/mol. The maximum absolute atomic E-state index is 12.0.